The van der Waals surface area contributed by atoms with Gasteiger partial charge in [0.1, 0.15) is 5.82 Å². The number of anilines is 2. The van der Waals surface area contributed by atoms with Crippen LogP contribution in [0.25, 0.3) is 0 Å². The number of rotatable bonds is 4. The predicted octanol–water partition coefficient (Wildman–Crippen LogP) is 3.57. The van der Waals surface area contributed by atoms with Crippen molar-refractivity contribution in [1.82, 2.24) is 4.98 Å². The molecule has 128 valence electrons. The smallest absolute Gasteiger partial charge is 0.263 e. The van der Waals surface area contributed by atoms with Crippen LogP contribution < -0.4 is 9.62 Å². The molecule has 1 fully saturated rings. The molecule has 0 radical (unpaired) electrons. The second-order valence-electron chi connectivity index (χ2n) is 6.22. The van der Waals surface area contributed by atoms with Crippen LogP contribution in [0, 0.1) is 6.92 Å². The molecule has 0 saturated carbocycles. The lowest BCUT2D eigenvalue weighted by molar-refractivity contribution is 0.601. The summed E-state index contributed by atoms with van der Waals surface area (Å²) in [5.74, 6) is 0.342. The van der Waals surface area contributed by atoms with Crippen LogP contribution in [0.2, 0.25) is 0 Å². The van der Waals surface area contributed by atoms with E-state index in [2.05, 4.69) is 14.6 Å². The van der Waals surface area contributed by atoms with Crippen molar-refractivity contribution in [2.24, 2.45) is 0 Å². The number of aryl methyl sites for hydroxylation is 1. The van der Waals surface area contributed by atoms with Gasteiger partial charge in [0.25, 0.3) is 10.0 Å². The molecular formula is C18H23N3O2S. The molecule has 0 bridgehead atoms. The predicted molar refractivity (Wildman–Crippen MR) is 96.9 cm³/mol. The highest BCUT2D eigenvalue weighted by Crippen LogP contribution is 2.21. The molecule has 3 rings (SSSR count). The number of hydrogen-bond donors (Lipinski definition) is 1. The van der Waals surface area contributed by atoms with Crippen LogP contribution in [0.5, 0.6) is 0 Å². The van der Waals surface area contributed by atoms with Crippen LogP contribution in [-0.4, -0.2) is 26.5 Å². The molecule has 0 spiro atoms. The van der Waals surface area contributed by atoms with Crippen LogP contribution in [0.4, 0.5) is 11.5 Å². The quantitative estimate of drug-likeness (QED) is 0.920. The van der Waals surface area contributed by atoms with E-state index in [1.807, 2.05) is 13.0 Å². The first kappa shape index (κ1) is 16.8. The van der Waals surface area contributed by atoms with Crippen LogP contribution in [0.3, 0.4) is 0 Å². The minimum absolute atomic E-state index is 0.242. The lowest BCUT2D eigenvalue weighted by Crippen LogP contribution is -2.24. The molecule has 1 aromatic carbocycles. The van der Waals surface area contributed by atoms with Gasteiger partial charge >= 0.3 is 0 Å². The van der Waals surface area contributed by atoms with E-state index in [1.165, 1.54) is 25.7 Å². The van der Waals surface area contributed by atoms with E-state index in [9.17, 15) is 8.42 Å². The van der Waals surface area contributed by atoms with E-state index >= 15 is 0 Å². The molecule has 1 aliphatic rings. The van der Waals surface area contributed by atoms with E-state index in [0.717, 1.165) is 24.3 Å². The summed E-state index contributed by atoms with van der Waals surface area (Å²) in [7, 11) is -3.60. The molecule has 0 aliphatic carbocycles. The van der Waals surface area contributed by atoms with Crippen LogP contribution >= 0.6 is 0 Å². The minimum atomic E-state index is -3.60. The number of pyridine rings is 1. The summed E-state index contributed by atoms with van der Waals surface area (Å²) in [5, 5.41) is 0. The van der Waals surface area contributed by atoms with Crippen LogP contribution in [0.15, 0.2) is 47.5 Å². The molecule has 0 atom stereocenters. The lowest BCUT2D eigenvalue weighted by Gasteiger charge is -2.22. The van der Waals surface area contributed by atoms with E-state index in [1.54, 1.807) is 36.5 Å². The van der Waals surface area contributed by atoms with Gasteiger partial charge < -0.3 is 4.90 Å². The molecule has 2 aromatic rings. The Morgan fingerprint density at radius 3 is 2.21 bits per heavy atom. The minimum Gasteiger partial charge on any atom is -0.370 e. The molecule has 1 aromatic heterocycles. The molecule has 5 nitrogen and oxygen atoms in total. The molecule has 1 N–H and O–H groups in total. The molecule has 0 unspecified atom stereocenters. The fourth-order valence-corrected chi connectivity index (χ4v) is 3.88. The fraction of sp³-hybridized carbons (Fsp3) is 0.389. The monoisotopic (exact) mass is 345 g/mol. The van der Waals surface area contributed by atoms with Gasteiger partial charge in [-0.1, -0.05) is 30.5 Å². The Bertz CT molecular complexity index is 763. The van der Waals surface area contributed by atoms with Gasteiger partial charge in [0.2, 0.25) is 0 Å². The van der Waals surface area contributed by atoms with Crippen LogP contribution in [0.1, 0.15) is 31.2 Å². The zero-order chi connectivity index (χ0) is 17.0. The van der Waals surface area contributed by atoms with Crippen molar-refractivity contribution in [2.75, 3.05) is 22.7 Å². The maximum absolute atomic E-state index is 12.4. The van der Waals surface area contributed by atoms with Gasteiger partial charge in [-0.2, -0.15) is 0 Å². The first-order chi connectivity index (χ1) is 11.5. The maximum Gasteiger partial charge on any atom is 0.263 e. The number of aromatic nitrogens is 1. The number of benzene rings is 1. The second-order valence-corrected chi connectivity index (χ2v) is 7.90. The summed E-state index contributed by atoms with van der Waals surface area (Å²) < 4.78 is 27.3. The van der Waals surface area contributed by atoms with Crippen molar-refractivity contribution in [3.63, 3.8) is 0 Å². The van der Waals surface area contributed by atoms with Crippen molar-refractivity contribution in [2.45, 2.75) is 37.5 Å². The number of hydrogen-bond acceptors (Lipinski definition) is 4. The van der Waals surface area contributed by atoms with Gasteiger partial charge in [-0.15, -0.1) is 0 Å². The third-order valence-electron chi connectivity index (χ3n) is 4.29. The summed E-state index contributed by atoms with van der Waals surface area (Å²) in [6, 6.07) is 10.4. The van der Waals surface area contributed by atoms with Crippen molar-refractivity contribution in [3.8, 4) is 0 Å². The third-order valence-corrected chi connectivity index (χ3v) is 5.66. The Kier molecular flexibility index (Phi) is 5.04. The average Bonchev–Trinajstić information content (AvgIpc) is 2.85. The summed E-state index contributed by atoms with van der Waals surface area (Å²) in [5.41, 5.74) is 2.07. The number of nitrogens with one attached hydrogen (secondary N) is 1. The maximum atomic E-state index is 12.4. The number of nitrogens with zero attached hydrogens (tertiary/aromatic N) is 2. The van der Waals surface area contributed by atoms with E-state index in [-0.39, 0.29) is 4.90 Å². The molecule has 1 aliphatic heterocycles. The third kappa shape index (κ3) is 4.06. The van der Waals surface area contributed by atoms with Gasteiger partial charge in [-0.25, -0.2) is 13.4 Å². The summed E-state index contributed by atoms with van der Waals surface area (Å²) in [4.78, 5) is 6.84. The Labute approximate surface area is 143 Å². The SMILES string of the molecule is Cc1ccc(S(=O)(=O)Nc2ccc(N3CCCCCC3)cn2)cc1. The topological polar surface area (TPSA) is 62.3 Å². The average molecular weight is 345 g/mol. The van der Waals surface area contributed by atoms with Crippen molar-refractivity contribution in [1.29, 1.82) is 0 Å². The largest absolute Gasteiger partial charge is 0.370 e. The van der Waals surface area contributed by atoms with Crippen molar-refractivity contribution < 1.29 is 8.42 Å². The fourth-order valence-electron chi connectivity index (χ4n) is 2.88. The summed E-state index contributed by atoms with van der Waals surface area (Å²) >= 11 is 0. The second kappa shape index (κ2) is 7.21. The van der Waals surface area contributed by atoms with Gasteiger partial charge in [-0.05, 0) is 44.0 Å². The first-order valence-electron chi connectivity index (χ1n) is 8.35. The molecule has 1 saturated heterocycles. The zero-order valence-electron chi connectivity index (χ0n) is 13.9. The summed E-state index contributed by atoms with van der Waals surface area (Å²) in [6.45, 7) is 4.00. The van der Waals surface area contributed by atoms with Gasteiger partial charge in [0, 0.05) is 13.1 Å². The summed E-state index contributed by atoms with van der Waals surface area (Å²) in [6.07, 6.45) is 6.69. The van der Waals surface area contributed by atoms with Crippen LogP contribution in [-0.2, 0) is 10.0 Å². The van der Waals surface area contributed by atoms with Gasteiger partial charge in [0.15, 0.2) is 0 Å². The number of sulfonamides is 1. The van der Waals surface area contributed by atoms with E-state index < -0.39 is 10.0 Å². The standard InChI is InChI=1S/C18H23N3O2S/c1-15-6-9-17(10-7-15)24(22,23)20-18-11-8-16(14-19-18)21-12-4-2-3-5-13-21/h6-11,14H,2-5,12-13H2,1H3,(H,19,20). The molecule has 6 heteroatoms. The van der Waals surface area contributed by atoms with Gasteiger partial charge in [0.05, 0.1) is 16.8 Å². The van der Waals surface area contributed by atoms with Crippen molar-refractivity contribution >= 4 is 21.5 Å². The highest BCUT2D eigenvalue weighted by Gasteiger charge is 2.15. The van der Waals surface area contributed by atoms with Crippen molar-refractivity contribution in [3.05, 3.63) is 48.2 Å². The normalized spacial score (nSPS) is 15.8. The Morgan fingerprint density at radius 2 is 1.62 bits per heavy atom. The zero-order valence-corrected chi connectivity index (χ0v) is 14.7. The lowest BCUT2D eigenvalue weighted by atomic mass is 10.2. The molecule has 0 amide bonds. The first-order valence-corrected chi connectivity index (χ1v) is 9.83. The molecule has 2 heterocycles. The Balaban J connectivity index is 1.72. The van der Waals surface area contributed by atoms with Gasteiger partial charge in [-0.3, -0.25) is 4.72 Å². The Hall–Kier alpha value is -2.08. The highest BCUT2D eigenvalue weighted by atomic mass is 32.2. The highest BCUT2D eigenvalue weighted by molar-refractivity contribution is 7.92. The molecule has 24 heavy (non-hydrogen) atoms. The Morgan fingerprint density at radius 1 is 0.958 bits per heavy atom. The van der Waals surface area contributed by atoms with E-state index in [0.29, 0.717) is 5.82 Å². The molecular weight excluding hydrogens is 322 g/mol. The van der Waals surface area contributed by atoms with E-state index in [4.69, 9.17) is 0 Å².